The molecule has 0 bridgehead atoms. The van der Waals surface area contributed by atoms with Gasteiger partial charge in [0, 0.05) is 17.0 Å². The van der Waals surface area contributed by atoms with Gasteiger partial charge in [0.15, 0.2) is 0 Å². The van der Waals surface area contributed by atoms with Crippen molar-refractivity contribution >= 4 is 17.3 Å². The van der Waals surface area contributed by atoms with Crippen LogP contribution in [0.2, 0.25) is 0 Å². The zero-order valence-electron chi connectivity index (χ0n) is 12.2. The van der Waals surface area contributed by atoms with Crippen molar-refractivity contribution in [2.75, 3.05) is 0 Å². The minimum Gasteiger partial charge on any atom is -0.301 e. The molecule has 0 saturated heterocycles. The van der Waals surface area contributed by atoms with Gasteiger partial charge in [-0.05, 0) is 29.8 Å². The predicted octanol–water partition coefficient (Wildman–Crippen LogP) is 4.10. The van der Waals surface area contributed by atoms with Crippen molar-refractivity contribution < 1.29 is 4.39 Å². The molecule has 0 aliphatic carbocycles. The highest BCUT2D eigenvalue weighted by Crippen LogP contribution is 2.27. The number of aliphatic imine (C=N–C) groups is 1. The second-order valence-electron chi connectivity index (χ2n) is 5.38. The molecule has 3 aromatic rings. The van der Waals surface area contributed by atoms with E-state index in [1.165, 1.54) is 6.07 Å². The van der Waals surface area contributed by atoms with Gasteiger partial charge in [-0.3, -0.25) is 4.99 Å². The summed E-state index contributed by atoms with van der Waals surface area (Å²) in [6.45, 7) is 0.453. The molecule has 114 valence electrons. The number of nitrogens with zero attached hydrogens (tertiary/aromatic N) is 3. The van der Waals surface area contributed by atoms with E-state index < -0.39 is 0 Å². The van der Waals surface area contributed by atoms with Crippen molar-refractivity contribution in [1.29, 1.82) is 0 Å². The molecule has 1 aromatic heterocycles. The number of fused-ring (bicyclic) bond motifs is 3. The molecule has 5 heteroatoms. The first-order chi connectivity index (χ1) is 11.3. The summed E-state index contributed by atoms with van der Waals surface area (Å²) in [6.07, 6.45) is 3.54. The number of hydrogen-bond donors (Lipinski definition) is 0. The molecule has 1 aliphatic heterocycles. The molecule has 0 spiro atoms. The number of benzene rings is 2. The highest BCUT2D eigenvalue weighted by molar-refractivity contribution is 6.18. The van der Waals surface area contributed by atoms with Crippen LogP contribution in [0.3, 0.4) is 0 Å². The van der Waals surface area contributed by atoms with Crippen LogP contribution in [0.5, 0.6) is 0 Å². The topological polar surface area (TPSA) is 30.2 Å². The maximum Gasteiger partial charge on any atom is 0.132 e. The zero-order chi connectivity index (χ0) is 15.8. The Bertz CT molecular complexity index is 914. The highest BCUT2D eigenvalue weighted by atomic mass is 35.5. The molecule has 0 N–H and O–H groups in total. The Morgan fingerprint density at radius 3 is 2.83 bits per heavy atom. The normalized spacial score (nSPS) is 13.0. The van der Waals surface area contributed by atoms with E-state index in [2.05, 4.69) is 9.98 Å². The van der Waals surface area contributed by atoms with Gasteiger partial charge in [-0.15, -0.1) is 11.6 Å². The van der Waals surface area contributed by atoms with Crippen molar-refractivity contribution in [3.05, 3.63) is 83.2 Å². The Morgan fingerprint density at radius 1 is 1.13 bits per heavy atom. The molecule has 0 fully saturated rings. The van der Waals surface area contributed by atoms with Gasteiger partial charge >= 0.3 is 0 Å². The smallest absolute Gasteiger partial charge is 0.132 e. The number of hydrogen-bond acceptors (Lipinski definition) is 2. The molecule has 2 aromatic carbocycles. The van der Waals surface area contributed by atoms with Gasteiger partial charge in [-0.1, -0.05) is 18.2 Å². The number of imidazole rings is 1. The van der Waals surface area contributed by atoms with E-state index in [1.807, 2.05) is 28.8 Å². The number of alkyl halides is 1. The molecule has 2 heterocycles. The van der Waals surface area contributed by atoms with Gasteiger partial charge in [0.25, 0.3) is 0 Å². The lowest BCUT2D eigenvalue weighted by Crippen LogP contribution is -2.09. The van der Waals surface area contributed by atoms with Crippen LogP contribution in [0.25, 0.3) is 5.69 Å². The quantitative estimate of drug-likeness (QED) is 0.652. The lowest BCUT2D eigenvalue weighted by Gasteiger charge is -2.13. The fourth-order valence-electron chi connectivity index (χ4n) is 2.85. The average Bonchev–Trinajstić information content (AvgIpc) is 2.99. The first-order valence-electron chi connectivity index (χ1n) is 7.28. The van der Waals surface area contributed by atoms with Gasteiger partial charge in [0.05, 0.1) is 36.2 Å². The number of halogens is 2. The zero-order valence-corrected chi connectivity index (χ0v) is 13.0. The third kappa shape index (κ3) is 2.35. The van der Waals surface area contributed by atoms with Crippen LogP contribution in [-0.2, 0) is 12.4 Å². The van der Waals surface area contributed by atoms with Crippen molar-refractivity contribution in [2.45, 2.75) is 12.4 Å². The lowest BCUT2D eigenvalue weighted by atomic mass is 9.98. The van der Waals surface area contributed by atoms with Gasteiger partial charge < -0.3 is 4.57 Å². The van der Waals surface area contributed by atoms with Gasteiger partial charge in [-0.25, -0.2) is 9.37 Å². The molecule has 23 heavy (non-hydrogen) atoms. The number of aromatic nitrogens is 2. The van der Waals surface area contributed by atoms with Crippen LogP contribution in [0, 0.1) is 5.82 Å². The summed E-state index contributed by atoms with van der Waals surface area (Å²) < 4.78 is 16.3. The van der Waals surface area contributed by atoms with E-state index in [4.69, 9.17) is 11.6 Å². The van der Waals surface area contributed by atoms with Crippen LogP contribution in [0.4, 0.5) is 4.39 Å². The Morgan fingerprint density at radius 2 is 2.00 bits per heavy atom. The average molecular weight is 326 g/mol. The maximum absolute atomic E-state index is 14.3. The van der Waals surface area contributed by atoms with Crippen LogP contribution < -0.4 is 0 Å². The molecule has 0 radical (unpaired) electrons. The fraction of sp³-hybridized carbons (Fsp3) is 0.111. The Kier molecular flexibility index (Phi) is 3.46. The minimum atomic E-state index is -0.279. The third-order valence-electron chi connectivity index (χ3n) is 3.97. The Labute approximate surface area is 138 Å². The molecule has 0 amide bonds. The predicted molar refractivity (Wildman–Crippen MR) is 88.9 cm³/mol. The largest absolute Gasteiger partial charge is 0.301 e. The molecule has 4 rings (SSSR count). The van der Waals surface area contributed by atoms with Gasteiger partial charge in [0.1, 0.15) is 5.82 Å². The Hall–Kier alpha value is -2.46. The van der Waals surface area contributed by atoms with E-state index in [0.717, 1.165) is 22.5 Å². The molecule has 0 unspecified atom stereocenters. The summed E-state index contributed by atoms with van der Waals surface area (Å²) in [5, 5.41) is 0. The third-order valence-corrected chi connectivity index (χ3v) is 4.28. The Balaban J connectivity index is 2.00. The summed E-state index contributed by atoms with van der Waals surface area (Å²) in [5.74, 6) is 0.118. The summed E-state index contributed by atoms with van der Waals surface area (Å²) >= 11 is 5.98. The van der Waals surface area contributed by atoms with Crippen molar-refractivity contribution in [3.63, 3.8) is 0 Å². The fourth-order valence-corrected chi connectivity index (χ4v) is 3.02. The number of rotatable bonds is 2. The first kappa shape index (κ1) is 14.2. The lowest BCUT2D eigenvalue weighted by molar-refractivity contribution is 0.625. The van der Waals surface area contributed by atoms with E-state index in [0.29, 0.717) is 23.7 Å². The van der Waals surface area contributed by atoms with Gasteiger partial charge in [0.2, 0.25) is 0 Å². The molecule has 0 atom stereocenters. The molecular weight excluding hydrogens is 313 g/mol. The van der Waals surface area contributed by atoms with Crippen molar-refractivity contribution in [1.82, 2.24) is 9.55 Å². The van der Waals surface area contributed by atoms with Crippen LogP contribution in [0.1, 0.15) is 22.4 Å². The second-order valence-corrected chi connectivity index (χ2v) is 5.65. The van der Waals surface area contributed by atoms with Crippen LogP contribution in [0.15, 0.2) is 60.0 Å². The standard InChI is InChI=1S/C18H13ClFN3/c19-8-12-5-6-17-15(7-12)18(14-3-1-2-4-16(14)20)22-10-13-9-21-11-23(13)17/h1-7,9,11H,8,10H2. The SMILES string of the molecule is Fc1ccccc1C1=NCc2cncn2-c2ccc(CCl)cc21. The molecular formula is C18H13ClFN3. The van der Waals surface area contributed by atoms with Crippen LogP contribution >= 0.6 is 11.6 Å². The summed E-state index contributed by atoms with van der Waals surface area (Å²) in [7, 11) is 0. The molecule has 3 nitrogen and oxygen atoms in total. The molecule has 1 aliphatic rings. The molecule has 0 saturated carbocycles. The van der Waals surface area contributed by atoms with E-state index in [9.17, 15) is 4.39 Å². The van der Waals surface area contributed by atoms with E-state index in [1.54, 1.807) is 24.7 Å². The van der Waals surface area contributed by atoms with E-state index in [-0.39, 0.29) is 5.82 Å². The van der Waals surface area contributed by atoms with Crippen LogP contribution in [-0.4, -0.2) is 15.3 Å². The maximum atomic E-state index is 14.3. The highest BCUT2D eigenvalue weighted by Gasteiger charge is 2.20. The second kappa shape index (κ2) is 5.63. The summed E-state index contributed by atoms with van der Waals surface area (Å²) in [5.41, 5.74) is 4.89. The summed E-state index contributed by atoms with van der Waals surface area (Å²) in [6, 6.07) is 12.6. The van der Waals surface area contributed by atoms with E-state index >= 15 is 0 Å². The van der Waals surface area contributed by atoms with Crippen molar-refractivity contribution in [3.8, 4) is 5.69 Å². The summed E-state index contributed by atoms with van der Waals surface area (Å²) in [4.78, 5) is 8.85. The van der Waals surface area contributed by atoms with Crippen molar-refractivity contribution in [2.24, 2.45) is 4.99 Å². The monoisotopic (exact) mass is 325 g/mol. The first-order valence-corrected chi connectivity index (χ1v) is 7.81. The van der Waals surface area contributed by atoms with Gasteiger partial charge in [-0.2, -0.15) is 0 Å². The minimum absolute atomic E-state index is 0.279.